The summed E-state index contributed by atoms with van der Waals surface area (Å²) in [4.78, 5) is 32.1. The van der Waals surface area contributed by atoms with Crippen molar-refractivity contribution in [3.8, 4) is 11.5 Å². The average Bonchev–Trinajstić information content (AvgIpc) is 3.49. The van der Waals surface area contributed by atoms with Gasteiger partial charge in [-0.15, -0.1) is 17.9 Å². The van der Waals surface area contributed by atoms with Crippen LogP contribution in [0.2, 0.25) is 0 Å². The van der Waals surface area contributed by atoms with Crippen LogP contribution in [0.5, 0.6) is 11.5 Å². The van der Waals surface area contributed by atoms with Crippen LogP contribution >= 0.6 is 27.3 Å². The minimum Gasteiger partial charge on any atom is -0.504 e. The number of piperidine rings is 1. The predicted molar refractivity (Wildman–Crippen MR) is 163 cm³/mol. The Hall–Kier alpha value is -2.62. The highest BCUT2D eigenvalue weighted by Gasteiger charge is 2.75. The Kier molecular flexibility index (Phi) is 7.35. The highest BCUT2D eigenvalue weighted by atomic mass is 79.9. The summed E-state index contributed by atoms with van der Waals surface area (Å²) in [6.45, 7) is 11.8. The number of phenols is 1. The third-order valence-electron chi connectivity index (χ3n) is 9.41. The van der Waals surface area contributed by atoms with Gasteiger partial charge in [-0.05, 0) is 71.3 Å². The molecular formula is C32H37BrN2O5S. The van der Waals surface area contributed by atoms with E-state index in [1.54, 1.807) is 23.5 Å². The number of hydrogen-bond acceptors (Lipinski definition) is 7. The lowest BCUT2D eigenvalue weighted by Crippen LogP contribution is -2.79. The monoisotopic (exact) mass is 640 g/mol. The van der Waals surface area contributed by atoms with Crippen molar-refractivity contribution in [1.29, 1.82) is 0 Å². The quantitative estimate of drug-likeness (QED) is 0.227. The Balaban J connectivity index is 1.48. The zero-order valence-corrected chi connectivity index (χ0v) is 26.2. The van der Waals surface area contributed by atoms with Gasteiger partial charge in [0.15, 0.2) is 11.5 Å². The molecule has 3 heterocycles. The van der Waals surface area contributed by atoms with Crippen LogP contribution in [0.15, 0.2) is 46.8 Å². The van der Waals surface area contributed by atoms with Crippen molar-refractivity contribution in [3.05, 3.63) is 62.8 Å². The number of carbonyl (C=O) groups excluding carboxylic acids is 2. The Morgan fingerprint density at radius 2 is 2.17 bits per heavy atom. The summed E-state index contributed by atoms with van der Waals surface area (Å²) in [6.07, 6.45) is 7.59. The lowest BCUT2D eigenvalue weighted by atomic mass is 9.48. The fourth-order valence-electron chi connectivity index (χ4n) is 8.19. The fraction of sp³-hybridized carbons (Fsp3) is 0.500. The summed E-state index contributed by atoms with van der Waals surface area (Å²) >= 11 is 5.06. The first-order valence-corrected chi connectivity index (χ1v) is 16.1. The highest BCUT2D eigenvalue weighted by Crippen LogP contribution is 2.67. The second-order valence-electron chi connectivity index (χ2n) is 12.2. The fourth-order valence-corrected chi connectivity index (χ4v) is 9.53. The SMILES string of the molecule is C=CCN1CC[C@]23c4c5ccc(O)c4O[C@H]2[C@H](N(CC(C)C)C(=O)/C=C/c2cc(Br)cs2)CC[C@@]3(OC(C)=O)[C@H]1C5. The van der Waals surface area contributed by atoms with Gasteiger partial charge in [-0.2, -0.15) is 0 Å². The maximum Gasteiger partial charge on any atom is 0.303 e. The molecule has 2 aliphatic carbocycles. The van der Waals surface area contributed by atoms with Crippen LogP contribution in [-0.4, -0.2) is 70.2 Å². The van der Waals surface area contributed by atoms with E-state index in [1.807, 2.05) is 34.6 Å². The molecule has 0 radical (unpaired) electrons. The van der Waals surface area contributed by atoms with Crippen molar-refractivity contribution in [2.24, 2.45) is 5.92 Å². The molecule has 41 heavy (non-hydrogen) atoms. The van der Waals surface area contributed by atoms with Crippen molar-refractivity contribution < 1.29 is 24.2 Å². The van der Waals surface area contributed by atoms with Crippen LogP contribution in [-0.2, 0) is 26.2 Å². The van der Waals surface area contributed by atoms with Gasteiger partial charge in [-0.3, -0.25) is 14.5 Å². The van der Waals surface area contributed by atoms with Crippen molar-refractivity contribution >= 4 is 45.2 Å². The Labute approximate surface area is 253 Å². The molecule has 2 bridgehead atoms. The number of ether oxygens (including phenoxy) is 2. The van der Waals surface area contributed by atoms with E-state index in [9.17, 15) is 14.7 Å². The first-order chi connectivity index (χ1) is 19.6. The largest absolute Gasteiger partial charge is 0.504 e. The van der Waals surface area contributed by atoms with E-state index in [-0.39, 0.29) is 35.6 Å². The van der Waals surface area contributed by atoms with Crippen LogP contribution in [0.4, 0.5) is 0 Å². The number of phenolic OH excluding ortho intramolecular Hbond substituents is 1. The van der Waals surface area contributed by atoms with Gasteiger partial charge in [0.1, 0.15) is 11.7 Å². The minimum atomic E-state index is -0.834. The number of carbonyl (C=O) groups is 2. The van der Waals surface area contributed by atoms with Crippen LogP contribution in [0.1, 0.15) is 56.0 Å². The van der Waals surface area contributed by atoms with E-state index < -0.39 is 17.1 Å². The lowest BCUT2D eigenvalue weighted by molar-refractivity contribution is -0.223. The second-order valence-corrected chi connectivity index (χ2v) is 14.0. The van der Waals surface area contributed by atoms with Gasteiger partial charge in [-0.1, -0.05) is 26.0 Å². The molecule has 1 amide bonds. The van der Waals surface area contributed by atoms with Gasteiger partial charge in [-0.25, -0.2) is 0 Å². The summed E-state index contributed by atoms with van der Waals surface area (Å²) in [5, 5.41) is 13.0. The van der Waals surface area contributed by atoms with Crippen LogP contribution in [0.25, 0.3) is 6.08 Å². The molecule has 2 aliphatic heterocycles. The van der Waals surface area contributed by atoms with Gasteiger partial charge >= 0.3 is 5.97 Å². The van der Waals surface area contributed by atoms with E-state index in [0.29, 0.717) is 44.5 Å². The number of likely N-dealkylation sites (tertiary alicyclic amines) is 1. The van der Waals surface area contributed by atoms with E-state index >= 15 is 0 Å². The summed E-state index contributed by atoms with van der Waals surface area (Å²) in [5.74, 6) is 0.443. The molecule has 6 rings (SSSR count). The topological polar surface area (TPSA) is 79.3 Å². The van der Waals surface area contributed by atoms with Gasteiger partial charge in [0.2, 0.25) is 5.91 Å². The Bertz CT molecular complexity index is 1420. The molecule has 2 fully saturated rings. The number of esters is 1. The van der Waals surface area contributed by atoms with Crippen molar-refractivity contribution in [2.75, 3.05) is 19.6 Å². The molecule has 5 atom stereocenters. The van der Waals surface area contributed by atoms with Gasteiger partial charge in [0.25, 0.3) is 0 Å². The van der Waals surface area contributed by atoms with Gasteiger partial charge in [0, 0.05) is 52.9 Å². The molecule has 4 aliphatic rings. The normalized spacial score (nSPS) is 29.7. The standard InChI is InChI=1S/C32H37BrN2O5S/c1-5-13-34-14-12-31-28-21-6-8-25(37)29(28)39-30(31)24(10-11-32(31,26(34)15-21)40-20(4)36)35(17-19(2)3)27(38)9-7-23-16-22(33)18-41-23/h5-9,16,18-19,24,26,30,37H,1,10-15,17H2,2-4H3/b9-7+/t24-,26-,30+,31+,32-/m1/s1. The first kappa shape index (κ1) is 28.5. The van der Waals surface area contributed by atoms with Crippen LogP contribution in [0.3, 0.4) is 0 Å². The number of thiophene rings is 1. The molecule has 9 heteroatoms. The lowest BCUT2D eigenvalue weighted by Gasteiger charge is -2.65. The third-order valence-corrected chi connectivity index (χ3v) is 11.1. The molecule has 7 nitrogen and oxygen atoms in total. The number of halogens is 1. The van der Waals surface area contributed by atoms with Gasteiger partial charge < -0.3 is 19.5 Å². The Morgan fingerprint density at radius 3 is 2.85 bits per heavy atom. The predicted octanol–water partition coefficient (Wildman–Crippen LogP) is 5.69. The molecule has 1 aromatic carbocycles. The summed E-state index contributed by atoms with van der Waals surface area (Å²) in [6, 6.07) is 5.39. The smallest absolute Gasteiger partial charge is 0.303 e. The zero-order chi connectivity index (χ0) is 29.1. The molecule has 1 aromatic heterocycles. The molecule has 1 saturated carbocycles. The molecule has 218 valence electrons. The number of benzene rings is 1. The number of rotatable bonds is 8. The highest BCUT2D eigenvalue weighted by molar-refractivity contribution is 9.10. The Morgan fingerprint density at radius 1 is 1.37 bits per heavy atom. The first-order valence-electron chi connectivity index (χ1n) is 14.4. The number of nitrogens with zero attached hydrogens (tertiary/aromatic N) is 2. The van der Waals surface area contributed by atoms with Crippen molar-refractivity contribution in [3.63, 3.8) is 0 Å². The number of amides is 1. The zero-order valence-electron chi connectivity index (χ0n) is 23.8. The maximum atomic E-state index is 13.9. The average molecular weight is 642 g/mol. The maximum absolute atomic E-state index is 13.9. The number of hydrogen-bond donors (Lipinski definition) is 1. The molecular weight excluding hydrogens is 604 g/mol. The molecule has 1 spiro atoms. The molecule has 1 saturated heterocycles. The molecule has 1 N–H and O–H groups in total. The van der Waals surface area contributed by atoms with Crippen LogP contribution in [0, 0.1) is 5.92 Å². The van der Waals surface area contributed by atoms with Crippen molar-refractivity contribution in [2.45, 2.75) is 75.7 Å². The van der Waals surface area contributed by atoms with Crippen LogP contribution < -0.4 is 4.74 Å². The summed E-state index contributed by atoms with van der Waals surface area (Å²) < 4.78 is 14.3. The van der Waals surface area contributed by atoms with Gasteiger partial charge in [0.05, 0.1) is 17.5 Å². The van der Waals surface area contributed by atoms with E-state index in [1.165, 1.54) is 6.92 Å². The minimum absolute atomic E-state index is 0.0559. The summed E-state index contributed by atoms with van der Waals surface area (Å²) in [7, 11) is 0. The second kappa shape index (κ2) is 10.6. The van der Waals surface area contributed by atoms with E-state index in [2.05, 4.69) is 41.3 Å². The van der Waals surface area contributed by atoms with E-state index in [0.717, 1.165) is 27.0 Å². The molecule has 2 aromatic rings. The summed E-state index contributed by atoms with van der Waals surface area (Å²) in [5.41, 5.74) is 0.578. The third kappa shape index (κ3) is 4.38. The van der Waals surface area contributed by atoms with Crippen molar-refractivity contribution in [1.82, 2.24) is 9.80 Å². The molecule has 0 unspecified atom stereocenters. The number of aromatic hydroxyl groups is 1. The van der Waals surface area contributed by atoms with E-state index in [4.69, 9.17) is 9.47 Å².